The fourth-order valence-electron chi connectivity index (χ4n) is 2.37. The summed E-state index contributed by atoms with van der Waals surface area (Å²) in [6.07, 6.45) is 0. The molecule has 23 heavy (non-hydrogen) atoms. The van der Waals surface area contributed by atoms with Gasteiger partial charge in [-0.25, -0.2) is 4.98 Å². The molecule has 0 unspecified atom stereocenters. The van der Waals surface area contributed by atoms with Gasteiger partial charge in [0.1, 0.15) is 10.3 Å². The Morgan fingerprint density at radius 2 is 2.00 bits per heavy atom. The van der Waals surface area contributed by atoms with Crippen molar-refractivity contribution >= 4 is 32.7 Å². The zero-order chi connectivity index (χ0) is 16.6. The Balaban J connectivity index is 2.35. The first-order valence-corrected chi connectivity index (χ1v) is 7.40. The summed E-state index contributed by atoms with van der Waals surface area (Å²) in [5.74, 6) is 1.08. The molecule has 0 saturated carbocycles. The second kappa shape index (κ2) is 5.88. The van der Waals surface area contributed by atoms with E-state index in [1.165, 1.54) is 20.3 Å². The minimum Gasteiger partial charge on any atom is -0.493 e. The number of nitro groups is 1. The van der Waals surface area contributed by atoms with Gasteiger partial charge < -0.3 is 14.5 Å². The maximum Gasteiger partial charge on any atom is 0.288 e. The molecule has 1 heterocycles. The highest BCUT2D eigenvalue weighted by atomic mass is 79.9. The maximum absolute atomic E-state index is 11.3. The van der Waals surface area contributed by atoms with Crippen LogP contribution in [0.15, 0.2) is 34.8 Å². The molecule has 0 atom stereocenters. The van der Waals surface area contributed by atoms with Crippen LogP contribution >= 0.6 is 15.9 Å². The number of aromatic nitrogens is 2. The number of nitrogens with one attached hydrogen (secondary N) is 1. The third-order valence-corrected chi connectivity index (χ3v) is 4.21. The molecule has 0 aliphatic rings. The van der Waals surface area contributed by atoms with Crippen molar-refractivity contribution < 1.29 is 14.4 Å². The number of hydrogen-bond donors (Lipinski definition) is 1. The Labute approximate surface area is 139 Å². The van der Waals surface area contributed by atoms with Crippen LogP contribution in [0.2, 0.25) is 0 Å². The molecule has 8 heteroatoms. The number of ether oxygens (including phenoxy) is 2. The van der Waals surface area contributed by atoms with Crippen LogP contribution in [-0.4, -0.2) is 29.1 Å². The van der Waals surface area contributed by atoms with E-state index in [0.717, 1.165) is 11.0 Å². The average Bonchev–Trinajstić information content (AvgIpc) is 2.97. The lowest BCUT2D eigenvalue weighted by Gasteiger charge is -2.13. The van der Waals surface area contributed by atoms with Crippen molar-refractivity contribution in [2.24, 2.45) is 0 Å². The second-order valence-corrected chi connectivity index (χ2v) is 5.47. The molecule has 0 bridgehead atoms. The SMILES string of the molecule is COc1cc([N+](=O)[O-])c(Br)c(-c2nc3ccccc3[nH]2)c1OC. The maximum atomic E-state index is 11.3. The van der Waals surface area contributed by atoms with Gasteiger partial charge in [0, 0.05) is 0 Å². The van der Waals surface area contributed by atoms with Crippen LogP contribution in [0.4, 0.5) is 5.69 Å². The molecule has 0 spiro atoms. The molecule has 0 fully saturated rings. The summed E-state index contributed by atoms with van der Waals surface area (Å²) in [4.78, 5) is 18.4. The summed E-state index contributed by atoms with van der Waals surface area (Å²) >= 11 is 3.29. The Kier molecular flexibility index (Phi) is 3.91. The molecule has 1 aromatic heterocycles. The first-order valence-electron chi connectivity index (χ1n) is 6.60. The summed E-state index contributed by atoms with van der Waals surface area (Å²) < 4.78 is 10.9. The van der Waals surface area contributed by atoms with E-state index < -0.39 is 4.92 Å². The normalized spacial score (nSPS) is 10.7. The van der Waals surface area contributed by atoms with Crippen molar-refractivity contribution in [3.05, 3.63) is 44.9 Å². The standard InChI is InChI=1S/C15H12BrN3O4/c1-22-11-7-10(19(20)21)13(16)12(14(11)23-2)15-17-8-5-3-4-6-9(8)18-15/h3-7H,1-2H3,(H,17,18). The lowest BCUT2D eigenvalue weighted by Crippen LogP contribution is -1.99. The van der Waals surface area contributed by atoms with Crippen LogP contribution in [0.3, 0.4) is 0 Å². The lowest BCUT2D eigenvalue weighted by atomic mass is 10.1. The topological polar surface area (TPSA) is 90.3 Å². The van der Waals surface area contributed by atoms with Gasteiger partial charge in [-0.3, -0.25) is 10.1 Å². The molecular weight excluding hydrogens is 366 g/mol. The molecule has 0 radical (unpaired) electrons. The van der Waals surface area contributed by atoms with E-state index in [-0.39, 0.29) is 15.9 Å². The van der Waals surface area contributed by atoms with Gasteiger partial charge in [0.25, 0.3) is 5.69 Å². The number of halogens is 1. The Morgan fingerprint density at radius 3 is 2.61 bits per heavy atom. The van der Waals surface area contributed by atoms with E-state index in [1.54, 1.807) is 0 Å². The van der Waals surface area contributed by atoms with E-state index in [2.05, 4.69) is 25.9 Å². The molecule has 0 aliphatic carbocycles. The number of aromatic amines is 1. The van der Waals surface area contributed by atoms with Crippen LogP contribution in [0.1, 0.15) is 0 Å². The number of para-hydroxylation sites is 2. The average molecular weight is 378 g/mol. The molecule has 7 nitrogen and oxygen atoms in total. The van der Waals surface area contributed by atoms with Gasteiger partial charge in [0.15, 0.2) is 11.5 Å². The summed E-state index contributed by atoms with van der Waals surface area (Å²) in [5, 5.41) is 11.3. The predicted molar refractivity (Wildman–Crippen MR) is 89.0 cm³/mol. The predicted octanol–water partition coefficient (Wildman–Crippen LogP) is 3.92. The lowest BCUT2D eigenvalue weighted by molar-refractivity contribution is -0.385. The number of nitro benzene ring substituents is 1. The fraction of sp³-hybridized carbons (Fsp3) is 0.133. The van der Waals surface area contributed by atoms with Gasteiger partial charge in [-0.05, 0) is 28.1 Å². The van der Waals surface area contributed by atoms with Crippen molar-refractivity contribution in [3.63, 3.8) is 0 Å². The van der Waals surface area contributed by atoms with Crippen molar-refractivity contribution in [2.45, 2.75) is 0 Å². The third-order valence-electron chi connectivity index (χ3n) is 3.41. The largest absolute Gasteiger partial charge is 0.493 e. The molecule has 1 N–H and O–H groups in total. The van der Waals surface area contributed by atoms with Crippen LogP contribution in [0.25, 0.3) is 22.4 Å². The van der Waals surface area contributed by atoms with E-state index >= 15 is 0 Å². The van der Waals surface area contributed by atoms with Crippen molar-refractivity contribution in [3.8, 4) is 22.9 Å². The van der Waals surface area contributed by atoms with Gasteiger partial charge in [0.2, 0.25) is 0 Å². The molecule has 3 rings (SSSR count). The van der Waals surface area contributed by atoms with E-state index in [1.807, 2.05) is 24.3 Å². The summed E-state index contributed by atoms with van der Waals surface area (Å²) in [6.45, 7) is 0. The quantitative estimate of drug-likeness (QED) is 0.549. The van der Waals surface area contributed by atoms with Gasteiger partial charge in [-0.2, -0.15) is 0 Å². The van der Waals surface area contributed by atoms with Crippen molar-refractivity contribution in [1.29, 1.82) is 0 Å². The number of fused-ring (bicyclic) bond motifs is 1. The number of methoxy groups -OCH3 is 2. The number of nitrogens with zero attached hydrogens (tertiary/aromatic N) is 2. The van der Waals surface area contributed by atoms with Gasteiger partial charge >= 0.3 is 0 Å². The highest BCUT2D eigenvalue weighted by molar-refractivity contribution is 9.10. The molecule has 0 aliphatic heterocycles. The molecular formula is C15H12BrN3O4. The van der Waals surface area contributed by atoms with Gasteiger partial charge in [-0.15, -0.1) is 0 Å². The van der Waals surface area contributed by atoms with E-state index in [0.29, 0.717) is 17.1 Å². The van der Waals surface area contributed by atoms with Crippen LogP contribution < -0.4 is 9.47 Å². The smallest absolute Gasteiger partial charge is 0.288 e. The number of benzene rings is 2. The van der Waals surface area contributed by atoms with Gasteiger partial charge in [0.05, 0.1) is 41.8 Å². The second-order valence-electron chi connectivity index (χ2n) is 4.68. The molecule has 118 valence electrons. The third kappa shape index (κ3) is 2.50. The number of imidazole rings is 1. The Hall–Kier alpha value is -2.61. The van der Waals surface area contributed by atoms with Gasteiger partial charge in [-0.1, -0.05) is 12.1 Å². The van der Waals surface area contributed by atoms with E-state index in [4.69, 9.17) is 9.47 Å². The minimum absolute atomic E-state index is 0.127. The summed E-state index contributed by atoms with van der Waals surface area (Å²) in [7, 11) is 2.90. The minimum atomic E-state index is -0.488. The molecule has 0 saturated heterocycles. The highest BCUT2D eigenvalue weighted by Gasteiger charge is 2.27. The van der Waals surface area contributed by atoms with E-state index in [9.17, 15) is 10.1 Å². The van der Waals surface area contributed by atoms with Crippen molar-refractivity contribution in [1.82, 2.24) is 9.97 Å². The Morgan fingerprint density at radius 1 is 1.26 bits per heavy atom. The number of H-pyrrole nitrogens is 1. The van der Waals surface area contributed by atoms with Crippen LogP contribution in [-0.2, 0) is 0 Å². The Bertz CT molecular complexity index is 874. The monoisotopic (exact) mass is 377 g/mol. The first-order chi connectivity index (χ1) is 11.1. The summed E-state index contributed by atoms with van der Waals surface area (Å²) in [5.41, 5.74) is 1.89. The van der Waals surface area contributed by atoms with Crippen LogP contribution in [0.5, 0.6) is 11.5 Å². The zero-order valence-corrected chi connectivity index (χ0v) is 13.9. The molecule has 2 aromatic carbocycles. The number of hydrogen-bond acceptors (Lipinski definition) is 5. The molecule has 3 aromatic rings. The van der Waals surface area contributed by atoms with Crippen molar-refractivity contribution in [2.75, 3.05) is 14.2 Å². The zero-order valence-electron chi connectivity index (χ0n) is 12.3. The fourth-order valence-corrected chi connectivity index (χ4v) is 3.00. The van der Waals surface area contributed by atoms with Crippen LogP contribution in [0, 0.1) is 10.1 Å². The highest BCUT2D eigenvalue weighted by Crippen LogP contribution is 2.47. The summed E-state index contributed by atoms with van der Waals surface area (Å²) in [6, 6.07) is 8.79. The molecule has 0 amide bonds. The number of rotatable bonds is 4. The first kappa shape index (κ1) is 15.3.